The number of nitrogens with zero attached hydrogens (tertiary/aromatic N) is 1. The summed E-state index contributed by atoms with van der Waals surface area (Å²) in [5, 5.41) is 2.20. The lowest BCUT2D eigenvalue weighted by Crippen LogP contribution is -2.36. The normalized spacial score (nSPS) is 10.7. The van der Waals surface area contributed by atoms with Crippen molar-refractivity contribution < 1.29 is 9.36 Å². The van der Waals surface area contributed by atoms with Crippen LogP contribution >= 0.6 is 23.2 Å². The van der Waals surface area contributed by atoms with Gasteiger partial charge in [-0.1, -0.05) is 23.2 Å². The zero-order valence-corrected chi connectivity index (χ0v) is 10.5. The maximum absolute atomic E-state index is 10.8. The summed E-state index contributed by atoms with van der Waals surface area (Å²) in [7, 11) is 0. The standard InChI is InChI=1S/C12H10Cl2N2O/c13-8-1-2-9-10(14)3-5-16(11(9)7-8)6-4-12(15)17/h1-3,5,7H,4,6H2,(H-,15,17)/p+1. The van der Waals surface area contributed by atoms with Crippen LogP contribution in [0.2, 0.25) is 10.0 Å². The van der Waals surface area contributed by atoms with Gasteiger partial charge in [0.2, 0.25) is 11.4 Å². The number of aryl methyl sites for hydroxylation is 1. The van der Waals surface area contributed by atoms with Crippen molar-refractivity contribution in [3.63, 3.8) is 0 Å². The number of hydrogen-bond donors (Lipinski definition) is 1. The fourth-order valence-electron chi connectivity index (χ4n) is 1.70. The van der Waals surface area contributed by atoms with Crippen LogP contribution < -0.4 is 10.3 Å². The number of amides is 1. The van der Waals surface area contributed by atoms with E-state index >= 15 is 0 Å². The molecule has 0 unspecified atom stereocenters. The van der Waals surface area contributed by atoms with Crippen LogP contribution in [0.15, 0.2) is 30.5 Å². The van der Waals surface area contributed by atoms with Gasteiger partial charge in [-0.3, -0.25) is 4.79 Å². The van der Waals surface area contributed by atoms with E-state index in [-0.39, 0.29) is 12.3 Å². The number of carbonyl (C=O) groups is 1. The number of hydrogen-bond acceptors (Lipinski definition) is 1. The fraction of sp³-hybridized carbons (Fsp3) is 0.167. The second-order valence-corrected chi connectivity index (χ2v) is 4.58. The first kappa shape index (κ1) is 12.1. The van der Waals surface area contributed by atoms with Gasteiger partial charge in [0.15, 0.2) is 12.7 Å². The highest BCUT2D eigenvalue weighted by molar-refractivity contribution is 6.35. The molecule has 0 atom stereocenters. The van der Waals surface area contributed by atoms with E-state index in [1.54, 1.807) is 12.1 Å². The molecule has 0 spiro atoms. The van der Waals surface area contributed by atoms with Gasteiger partial charge in [-0.15, -0.1) is 0 Å². The van der Waals surface area contributed by atoms with Gasteiger partial charge in [0, 0.05) is 17.2 Å². The lowest BCUT2D eigenvalue weighted by Gasteiger charge is -2.02. The first-order valence-electron chi connectivity index (χ1n) is 5.13. The smallest absolute Gasteiger partial charge is 0.223 e. The van der Waals surface area contributed by atoms with Crippen LogP contribution in [-0.4, -0.2) is 5.91 Å². The molecule has 1 amide bonds. The van der Waals surface area contributed by atoms with Crippen LogP contribution in [0.25, 0.3) is 10.9 Å². The molecule has 0 saturated heterocycles. The molecule has 17 heavy (non-hydrogen) atoms. The minimum absolute atomic E-state index is 0.286. The second kappa shape index (κ2) is 4.90. The van der Waals surface area contributed by atoms with Gasteiger partial charge in [-0.05, 0) is 12.1 Å². The van der Waals surface area contributed by atoms with Crippen LogP contribution in [0, 0.1) is 0 Å². The molecule has 0 bridgehead atoms. The third-order valence-corrected chi connectivity index (χ3v) is 3.09. The van der Waals surface area contributed by atoms with Gasteiger partial charge in [0.1, 0.15) is 0 Å². The molecule has 1 aromatic heterocycles. The Bertz CT molecular complexity index is 584. The maximum atomic E-state index is 10.8. The first-order chi connectivity index (χ1) is 8.08. The molecule has 0 aliphatic rings. The Labute approximate surface area is 109 Å². The highest BCUT2D eigenvalue weighted by Gasteiger charge is 2.12. The number of aromatic nitrogens is 1. The van der Waals surface area contributed by atoms with E-state index in [1.165, 1.54) is 0 Å². The van der Waals surface area contributed by atoms with Crippen LogP contribution in [0.5, 0.6) is 0 Å². The Morgan fingerprint density at radius 3 is 2.76 bits per heavy atom. The molecule has 5 heteroatoms. The van der Waals surface area contributed by atoms with Crippen LogP contribution in [0.1, 0.15) is 6.42 Å². The Morgan fingerprint density at radius 2 is 2.06 bits per heavy atom. The van der Waals surface area contributed by atoms with Crippen LogP contribution in [0.4, 0.5) is 0 Å². The lowest BCUT2D eigenvalue weighted by molar-refractivity contribution is -0.670. The van der Waals surface area contributed by atoms with Gasteiger partial charge in [0.05, 0.1) is 16.8 Å². The molecular weight excluding hydrogens is 259 g/mol. The molecule has 2 aromatic rings. The Hall–Kier alpha value is -1.32. The van der Waals surface area contributed by atoms with Crippen molar-refractivity contribution in [3.05, 3.63) is 40.5 Å². The molecule has 1 aromatic carbocycles. The molecule has 2 N–H and O–H groups in total. The fourth-order valence-corrected chi connectivity index (χ4v) is 2.08. The Kier molecular flexibility index (Phi) is 3.50. The highest BCUT2D eigenvalue weighted by atomic mass is 35.5. The Balaban J connectivity index is 2.52. The van der Waals surface area contributed by atoms with E-state index in [2.05, 4.69) is 0 Å². The molecule has 2 rings (SSSR count). The van der Waals surface area contributed by atoms with Gasteiger partial charge in [0.25, 0.3) is 0 Å². The summed E-state index contributed by atoms with van der Waals surface area (Å²) in [6.07, 6.45) is 2.11. The number of carbonyl (C=O) groups excluding carboxylic acids is 1. The highest BCUT2D eigenvalue weighted by Crippen LogP contribution is 2.23. The second-order valence-electron chi connectivity index (χ2n) is 3.73. The third-order valence-electron chi connectivity index (χ3n) is 2.53. The largest absolute Gasteiger partial charge is 0.369 e. The minimum atomic E-state index is -0.331. The Morgan fingerprint density at radius 1 is 1.29 bits per heavy atom. The van der Waals surface area contributed by atoms with Crippen molar-refractivity contribution in [1.82, 2.24) is 0 Å². The van der Waals surface area contributed by atoms with Gasteiger partial charge >= 0.3 is 0 Å². The average Bonchev–Trinajstić information content (AvgIpc) is 2.28. The maximum Gasteiger partial charge on any atom is 0.223 e. The average molecular weight is 270 g/mol. The molecule has 1 heterocycles. The zero-order valence-electron chi connectivity index (χ0n) is 8.99. The number of nitrogens with two attached hydrogens (primary N) is 1. The van der Waals surface area contributed by atoms with Crippen molar-refractivity contribution in [2.45, 2.75) is 13.0 Å². The molecule has 0 radical (unpaired) electrons. The molecule has 0 saturated carbocycles. The van der Waals surface area contributed by atoms with Crippen molar-refractivity contribution in [3.8, 4) is 0 Å². The van der Waals surface area contributed by atoms with E-state index in [1.807, 2.05) is 22.9 Å². The monoisotopic (exact) mass is 269 g/mol. The predicted molar refractivity (Wildman–Crippen MR) is 68.0 cm³/mol. The van der Waals surface area contributed by atoms with Gasteiger partial charge in [-0.25, -0.2) is 0 Å². The number of pyridine rings is 1. The van der Waals surface area contributed by atoms with Crippen LogP contribution in [-0.2, 0) is 11.3 Å². The quantitative estimate of drug-likeness (QED) is 0.855. The van der Waals surface area contributed by atoms with E-state index in [0.717, 1.165) is 10.9 Å². The van der Waals surface area contributed by atoms with E-state index in [4.69, 9.17) is 28.9 Å². The zero-order chi connectivity index (χ0) is 12.4. The summed E-state index contributed by atoms with van der Waals surface area (Å²) >= 11 is 12.1. The number of halogens is 2. The molecule has 0 fully saturated rings. The SMILES string of the molecule is NC(=O)CC[n+]1ccc(Cl)c2ccc(Cl)cc21. The molecule has 3 nitrogen and oxygen atoms in total. The third kappa shape index (κ3) is 2.68. The summed E-state index contributed by atoms with van der Waals surface area (Å²) < 4.78 is 1.91. The summed E-state index contributed by atoms with van der Waals surface area (Å²) in [5.41, 5.74) is 6.03. The molecular formula is C12H11Cl2N2O+. The van der Waals surface area contributed by atoms with E-state index < -0.39 is 0 Å². The van der Waals surface area contributed by atoms with Gasteiger partial charge in [-0.2, -0.15) is 4.57 Å². The van der Waals surface area contributed by atoms with E-state index in [9.17, 15) is 4.79 Å². The van der Waals surface area contributed by atoms with Crippen molar-refractivity contribution >= 4 is 40.0 Å². The minimum Gasteiger partial charge on any atom is -0.369 e. The number of rotatable bonds is 3. The van der Waals surface area contributed by atoms with E-state index in [0.29, 0.717) is 16.6 Å². The summed E-state index contributed by atoms with van der Waals surface area (Å²) in [6, 6.07) is 7.26. The number of fused-ring (bicyclic) bond motifs is 1. The summed E-state index contributed by atoms with van der Waals surface area (Å²) in [6.45, 7) is 0.517. The predicted octanol–water partition coefficient (Wildman–Crippen LogP) is 2.31. The number of primary amides is 1. The lowest BCUT2D eigenvalue weighted by atomic mass is 10.2. The first-order valence-corrected chi connectivity index (χ1v) is 5.89. The molecule has 88 valence electrons. The van der Waals surface area contributed by atoms with Crippen molar-refractivity contribution in [1.29, 1.82) is 0 Å². The molecule has 0 aliphatic heterocycles. The van der Waals surface area contributed by atoms with Crippen molar-refractivity contribution in [2.75, 3.05) is 0 Å². The van der Waals surface area contributed by atoms with Crippen molar-refractivity contribution in [2.24, 2.45) is 5.73 Å². The summed E-state index contributed by atoms with van der Waals surface area (Å²) in [5.74, 6) is -0.331. The number of benzene rings is 1. The topological polar surface area (TPSA) is 47.0 Å². The molecule has 0 aliphatic carbocycles. The van der Waals surface area contributed by atoms with Gasteiger partial charge < -0.3 is 5.73 Å². The summed E-state index contributed by atoms with van der Waals surface area (Å²) in [4.78, 5) is 10.8. The van der Waals surface area contributed by atoms with Crippen LogP contribution in [0.3, 0.4) is 0 Å².